The molecule has 0 amide bonds. The molecule has 2 N–H and O–H groups in total. The standard InChI is InChI=1S/C21H20F5N7/c1-12(15-10-33(20(22)23)31-16(15)9-27)28-13-5-7-14(8-6-13)29-18-3-2-4-19-30-17(11-32(18)19)21(24,25)26/h2-4,10-11,13-14,20,28-29H,1,5-8H2. The van der Waals surface area contributed by atoms with Gasteiger partial charge in [0.1, 0.15) is 17.5 Å². The van der Waals surface area contributed by atoms with Crippen LogP contribution in [0.2, 0.25) is 0 Å². The highest BCUT2D eigenvalue weighted by Crippen LogP contribution is 2.30. The minimum atomic E-state index is -4.52. The van der Waals surface area contributed by atoms with Crippen LogP contribution in [0.3, 0.4) is 0 Å². The van der Waals surface area contributed by atoms with Gasteiger partial charge in [0.2, 0.25) is 0 Å². The van der Waals surface area contributed by atoms with Gasteiger partial charge in [0.25, 0.3) is 0 Å². The maximum atomic E-state index is 13.0. The van der Waals surface area contributed by atoms with Crippen LogP contribution in [0.1, 0.15) is 49.2 Å². The molecule has 7 nitrogen and oxygen atoms in total. The third kappa shape index (κ3) is 4.76. The van der Waals surface area contributed by atoms with Gasteiger partial charge in [0, 0.05) is 30.2 Å². The van der Waals surface area contributed by atoms with E-state index in [1.165, 1.54) is 10.5 Å². The van der Waals surface area contributed by atoms with Crippen LogP contribution < -0.4 is 10.6 Å². The van der Waals surface area contributed by atoms with E-state index in [1.54, 1.807) is 18.2 Å². The van der Waals surface area contributed by atoms with Crippen LogP contribution in [0.4, 0.5) is 27.8 Å². The molecule has 3 aromatic heterocycles. The number of halogens is 5. The van der Waals surface area contributed by atoms with E-state index in [0.717, 1.165) is 38.1 Å². The van der Waals surface area contributed by atoms with E-state index in [4.69, 9.17) is 5.26 Å². The molecule has 1 fully saturated rings. The molecule has 12 heteroatoms. The largest absolute Gasteiger partial charge is 0.434 e. The van der Waals surface area contributed by atoms with Gasteiger partial charge in [-0.3, -0.25) is 4.40 Å². The second-order valence-corrected chi connectivity index (χ2v) is 7.84. The van der Waals surface area contributed by atoms with Crippen molar-refractivity contribution in [2.24, 2.45) is 0 Å². The third-order valence-electron chi connectivity index (χ3n) is 5.60. The van der Waals surface area contributed by atoms with Crippen LogP contribution >= 0.6 is 0 Å². The van der Waals surface area contributed by atoms with Crippen molar-refractivity contribution in [3.05, 3.63) is 54.1 Å². The summed E-state index contributed by atoms with van der Waals surface area (Å²) in [5.74, 6) is 0.523. The molecule has 33 heavy (non-hydrogen) atoms. The molecule has 174 valence electrons. The van der Waals surface area contributed by atoms with E-state index in [0.29, 0.717) is 16.2 Å². The first-order chi connectivity index (χ1) is 15.7. The minimum Gasteiger partial charge on any atom is -0.382 e. The highest BCUT2D eigenvalue weighted by atomic mass is 19.4. The molecule has 0 radical (unpaired) electrons. The van der Waals surface area contributed by atoms with Gasteiger partial charge < -0.3 is 10.6 Å². The summed E-state index contributed by atoms with van der Waals surface area (Å²) in [6.07, 6.45) is 0.429. The molecule has 0 saturated heterocycles. The van der Waals surface area contributed by atoms with Crippen molar-refractivity contribution in [2.75, 3.05) is 5.32 Å². The molecular weight excluding hydrogens is 445 g/mol. The smallest absolute Gasteiger partial charge is 0.382 e. The number of alkyl halides is 5. The van der Waals surface area contributed by atoms with Crippen molar-refractivity contribution in [2.45, 2.75) is 50.5 Å². The lowest BCUT2D eigenvalue weighted by Gasteiger charge is -2.31. The van der Waals surface area contributed by atoms with Crippen molar-refractivity contribution in [3.63, 3.8) is 0 Å². The number of aromatic nitrogens is 4. The van der Waals surface area contributed by atoms with E-state index in [2.05, 4.69) is 27.3 Å². The molecule has 0 atom stereocenters. The Kier molecular flexibility index (Phi) is 5.97. The van der Waals surface area contributed by atoms with E-state index in [1.807, 2.05) is 0 Å². The summed E-state index contributed by atoms with van der Waals surface area (Å²) in [5, 5.41) is 19.2. The van der Waals surface area contributed by atoms with Gasteiger partial charge in [-0.25, -0.2) is 9.67 Å². The molecule has 3 aromatic rings. The summed E-state index contributed by atoms with van der Waals surface area (Å²) < 4.78 is 66.6. The van der Waals surface area contributed by atoms with E-state index in [9.17, 15) is 22.0 Å². The number of pyridine rings is 1. The zero-order valence-corrected chi connectivity index (χ0v) is 17.3. The topological polar surface area (TPSA) is 83.0 Å². The van der Waals surface area contributed by atoms with Gasteiger partial charge in [-0.15, -0.1) is 0 Å². The van der Waals surface area contributed by atoms with Gasteiger partial charge >= 0.3 is 12.7 Å². The molecule has 0 aliphatic heterocycles. The number of hydrogen-bond donors (Lipinski definition) is 2. The molecule has 1 aliphatic carbocycles. The number of imidazole rings is 1. The normalized spacial score (nSPS) is 18.9. The van der Waals surface area contributed by atoms with Crippen LogP contribution in [0.25, 0.3) is 11.3 Å². The molecule has 0 unspecified atom stereocenters. The van der Waals surface area contributed by atoms with E-state index in [-0.39, 0.29) is 29.0 Å². The number of nitriles is 1. The Morgan fingerprint density at radius 2 is 1.85 bits per heavy atom. The summed E-state index contributed by atoms with van der Waals surface area (Å²) in [6, 6.07) is 6.70. The van der Waals surface area contributed by atoms with Gasteiger partial charge in [0.15, 0.2) is 11.4 Å². The zero-order valence-electron chi connectivity index (χ0n) is 17.3. The van der Waals surface area contributed by atoms with Crippen LogP contribution in [0.15, 0.2) is 37.2 Å². The first-order valence-electron chi connectivity index (χ1n) is 10.2. The van der Waals surface area contributed by atoms with Crippen molar-refractivity contribution >= 4 is 17.2 Å². The Balaban J connectivity index is 1.38. The van der Waals surface area contributed by atoms with Crippen LogP contribution in [0, 0.1) is 11.3 Å². The number of nitrogens with zero attached hydrogens (tertiary/aromatic N) is 5. The van der Waals surface area contributed by atoms with Gasteiger partial charge in [0.05, 0.1) is 5.56 Å². The van der Waals surface area contributed by atoms with Crippen molar-refractivity contribution < 1.29 is 22.0 Å². The fourth-order valence-electron chi connectivity index (χ4n) is 3.98. The Bertz CT molecular complexity index is 1200. The highest BCUT2D eigenvalue weighted by molar-refractivity contribution is 5.65. The summed E-state index contributed by atoms with van der Waals surface area (Å²) in [5.41, 5.74) is -0.301. The molecule has 4 rings (SSSR count). The van der Waals surface area contributed by atoms with Crippen molar-refractivity contribution in [1.29, 1.82) is 5.26 Å². The average Bonchev–Trinajstić information content (AvgIpc) is 3.40. The van der Waals surface area contributed by atoms with Crippen LogP contribution in [-0.2, 0) is 6.18 Å². The summed E-state index contributed by atoms with van der Waals surface area (Å²) >= 11 is 0. The first-order valence-corrected chi connectivity index (χ1v) is 10.2. The number of nitrogens with one attached hydrogen (secondary N) is 2. The first kappa shape index (κ1) is 22.6. The number of fused-ring (bicyclic) bond motifs is 1. The molecule has 1 aliphatic rings. The lowest BCUT2D eigenvalue weighted by Crippen LogP contribution is -2.36. The number of rotatable bonds is 6. The Hall–Kier alpha value is -3.62. The highest BCUT2D eigenvalue weighted by Gasteiger charge is 2.34. The van der Waals surface area contributed by atoms with E-state index >= 15 is 0 Å². The summed E-state index contributed by atoms with van der Waals surface area (Å²) in [7, 11) is 0. The fourth-order valence-corrected chi connectivity index (χ4v) is 3.98. The molecular formula is C21H20F5N7. The Morgan fingerprint density at radius 3 is 2.48 bits per heavy atom. The van der Waals surface area contributed by atoms with E-state index < -0.39 is 18.4 Å². The second-order valence-electron chi connectivity index (χ2n) is 7.84. The molecule has 0 spiro atoms. The predicted octanol–water partition coefficient (Wildman–Crippen LogP) is 4.80. The maximum absolute atomic E-state index is 13.0. The Labute approximate surface area is 185 Å². The van der Waals surface area contributed by atoms with Gasteiger partial charge in [-0.1, -0.05) is 12.6 Å². The summed E-state index contributed by atoms with van der Waals surface area (Å²) in [4.78, 5) is 3.64. The lowest BCUT2D eigenvalue weighted by molar-refractivity contribution is -0.140. The predicted molar refractivity (Wildman–Crippen MR) is 110 cm³/mol. The lowest BCUT2D eigenvalue weighted by atomic mass is 9.90. The molecule has 0 aromatic carbocycles. The van der Waals surface area contributed by atoms with Gasteiger partial charge in [-0.2, -0.15) is 32.3 Å². The van der Waals surface area contributed by atoms with Crippen LogP contribution in [-0.4, -0.2) is 31.2 Å². The minimum absolute atomic E-state index is 0.0119. The van der Waals surface area contributed by atoms with Crippen LogP contribution in [0.5, 0.6) is 0 Å². The fraction of sp³-hybridized carbons (Fsp3) is 0.381. The Morgan fingerprint density at radius 1 is 1.15 bits per heavy atom. The van der Waals surface area contributed by atoms with Crippen molar-refractivity contribution in [3.8, 4) is 6.07 Å². The molecule has 0 bridgehead atoms. The number of hydrogen-bond acceptors (Lipinski definition) is 5. The monoisotopic (exact) mass is 465 g/mol. The van der Waals surface area contributed by atoms with Gasteiger partial charge in [-0.05, 0) is 37.8 Å². The third-order valence-corrected chi connectivity index (χ3v) is 5.60. The average molecular weight is 465 g/mol. The maximum Gasteiger partial charge on any atom is 0.434 e. The molecule has 3 heterocycles. The van der Waals surface area contributed by atoms with Crippen molar-refractivity contribution in [1.82, 2.24) is 24.5 Å². The SMILES string of the molecule is C=C(NC1CCC(Nc2cccc3nc(C(F)(F)F)cn23)CC1)c1cn(C(F)F)nc1C#N. The quantitative estimate of drug-likeness (QED) is 0.511. The second kappa shape index (κ2) is 8.73. The summed E-state index contributed by atoms with van der Waals surface area (Å²) in [6.45, 7) is 1.01. The number of anilines is 1. The molecule has 1 saturated carbocycles. The zero-order chi connectivity index (χ0) is 23.8.